The van der Waals surface area contributed by atoms with E-state index in [9.17, 15) is 14.3 Å². The number of carboxylic acid groups (broad SMARTS) is 1. The Morgan fingerprint density at radius 3 is 2.73 bits per heavy atom. The fraction of sp³-hybridized carbons (Fsp3) is 0.429. The maximum absolute atomic E-state index is 16.3. The van der Waals surface area contributed by atoms with Crippen molar-refractivity contribution in [3.8, 4) is 5.69 Å². The summed E-state index contributed by atoms with van der Waals surface area (Å²) in [6, 6.07) is 6.74. The van der Waals surface area contributed by atoms with Crippen LogP contribution in [0.1, 0.15) is 56.4 Å². The number of nitrogens with one attached hydrogen (secondary N) is 1. The molecule has 0 aliphatic carbocycles. The van der Waals surface area contributed by atoms with Gasteiger partial charge in [-0.3, -0.25) is 5.10 Å². The van der Waals surface area contributed by atoms with Crippen molar-refractivity contribution in [1.29, 1.82) is 0 Å². The van der Waals surface area contributed by atoms with Crippen molar-refractivity contribution in [1.82, 2.24) is 14.8 Å². The van der Waals surface area contributed by atoms with Gasteiger partial charge < -0.3 is 19.1 Å². The highest BCUT2D eigenvalue weighted by molar-refractivity contribution is 6.00. The third kappa shape index (κ3) is 4.01. The minimum atomic E-state index is -1.29. The zero-order valence-corrected chi connectivity index (χ0v) is 21.6. The van der Waals surface area contributed by atoms with E-state index in [4.69, 9.17) is 9.47 Å². The first-order valence-electron chi connectivity index (χ1n) is 12.3. The lowest BCUT2D eigenvalue weighted by molar-refractivity contribution is -0.170. The van der Waals surface area contributed by atoms with Crippen LogP contribution in [-0.2, 0) is 19.7 Å². The lowest BCUT2D eigenvalue weighted by Crippen LogP contribution is -2.43. The number of nitrogens with zero attached hydrogens (tertiary/aromatic N) is 2. The molecule has 1 fully saturated rings. The molecule has 2 aromatic carbocycles. The molecule has 2 atom stereocenters. The lowest BCUT2D eigenvalue weighted by Gasteiger charge is -2.36. The summed E-state index contributed by atoms with van der Waals surface area (Å²) in [4.78, 5) is 11.8. The number of aromatic amines is 1. The third-order valence-corrected chi connectivity index (χ3v) is 7.62. The first-order valence-corrected chi connectivity index (χ1v) is 12.3. The van der Waals surface area contributed by atoms with Crippen LogP contribution in [0.15, 0.2) is 30.5 Å². The summed E-state index contributed by atoms with van der Waals surface area (Å²) in [7, 11) is 1.62. The molecule has 9 heteroatoms. The largest absolute Gasteiger partial charge is 0.479 e. The van der Waals surface area contributed by atoms with Gasteiger partial charge in [0, 0.05) is 40.6 Å². The Bertz CT molecular complexity index is 1510. The standard InChI is InChI=1S/C28H31F2N3O4/c1-15-10-18(6-7-19(15)29)33-20-11-17-12-31-32-24(17)23(30)22(20)21(25(33)27(2,3)14-36-5)16-8-9-28(4,26(34)35)37-13-16/h6-7,10-12,16H,8-9,13-14H2,1-5H3,(H,31,32)(H,34,35)/t16-,28+/m1/s1. The quantitative estimate of drug-likeness (QED) is 0.344. The highest BCUT2D eigenvalue weighted by Gasteiger charge is 2.43. The average Bonchev–Trinajstić information content (AvgIpc) is 3.45. The van der Waals surface area contributed by atoms with Gasteiger partial charge >= 0.3 is 5.97 Å². The van der Waals surface area contributed by atoms with E-state index in [0.29, 0.717) is 46.1 Å². The van der Waals surface area contributed by atoms with Crippen LogP contribution in [0.3, 0.4) is 0 Å². The molecule has 2 N–H and O–H groups in total. The number of aliphatic carboxylic acids is 1. The molecule has 7 nitrogen and oxygen atoms in total. The molecule has 0 radical (unpaired) electrons. The molecule has 5 rings (SSSR count). The Balaban J connectivity index is 1.87. The smallest absolute Gasteiger partial charge is 0.335 e. The molecule has 2 aromatic heterocycles. The molecule has 4 aromatic rings. The minimum Gasteiger partial charge on any atom is -0.479 e. The monoisotopic (exact) mass is 511 g/mol. The number of methoxy groups -OCH3 is 1. The Kier molecular flexibility index (Phi) is 6.11. The van der Waals surface area contributed by atoms with Crippen LogP contribution in [0.5, 0.6) is 0 Å². The number of carboxylic acids is 1. The average molecular weight is 512 g/mol. The molecule has 0 saturated carbocycles. The zero-order chi connectivity index (χ0) is 26.7. The van der Waals surface area contributed by atoms with E-state index in [2.05, 4.69) is 10.2 Å². The van der Waals surface area contributed by atoms with E-state index in [0.717, 1.165) is 11.3 Å². The highest BCUT2D eigenvalue weighted by atomic mass is 19.1. The van der Waals surface area contributed by atoms with E-state index in [-0.39, 0.29) is 24.8 Å². The SMILES string of the molecule is COCC(C)(C)c1c([C@@H]2CC[C@@](C)(C(=O)O)OC2)c2c(F)c3[nH]ncc3cc2n1-c1ccc(F)c(C)c1. The number of aromatic nitrogens is 3. The highest BCUT2D eigenvalue weighted by Crippen LogP contribution is 2.47. The summed E-state index contributed by atoms with van der Waals surface area (Å²) in [5, 5.41) is 17.5. The second kappa shape index (κ2) is 8.92. The number of fused-ring (bicyclic) bond motifs is 2. The maximum atomic E-state index is 16.3. The first kappa shape index (κ1) is 25.4. The number of halogens is 2. The van der Waals surface area contributed by atoms with E-state index in [1.54, 1.807) is 39.3 Å². The summed E-state index contributed by atoms with van der Waals surface area (Å²) < 4.78 is 44.1. The van der Waals surface area contributed by atoms with Crippen molar-refractivity contribution in [2.75, 3.05) is 20.3 Å². The number of H-pyrrole nitrogens is 1. The Morgan fingerprint density at radius 1 is 1.35 bits per heavy atom. The van der Waals surface area contributed by atoms with Crippen LogP contribution in [0.4, 0.5) is 8.78 Å². The number of hydrogen-bond acceptors (Lipinski definition) is 4. The lowest BCUT2D eigenvalue weighted by atomic mass is 9.79. The molecule has 3 heterocycles. The molecule has 0 unspecified atom stereocenters. The second-order valence-corrected chi connectivity index (χ2v) is 10.8. The van der Waals surface area contributed by atoms with Gasteiger partial charge in [-0.15, -0.1) is 0 Å². The molecule has 1 aliphatic heterocycles. The Morgan fingerprint density at radius 2 is 2.11 bits per heavy atom. The van der Waals surface area contributed by atoms with Crippen LogP contribution in [-0.4, -0.2) is 51.8 Å². The fourth-order valence-electron chi connectivity index (χ4n) is 5.65. The van der Waals surface area contributed by atoms with Crippen LogP contribution in [0, 0.1) is 18.6 Å². The Hall–Kier alpha value is -3.30. The number of benzene rings is 2. The minimum absolute atomic E-state index is 0.126. The van der Waals surface area contributed by atoms with Gasteiger partial charge in [0.25, 0.3) is 0 Å². The summed E-state index contributed by atoms with van der Waals surface area (Å²) in [5.74, 6) is -2.03. The number of carbonyl (C=O) groups is 1. The molecule has 196 valence electrons. The summed E-state index contributed by atoms with van der Waals surface area (Å²) in [5.41, 5.74) is 1.78. The zero-order valence-electron chi connectivity index (χ0n) is 21.6. The van der Waals surface area contributed by atoms with E-state index >= 15 is 4.39 Å². The van der Waals surface area contributed by atoms with Gasteiger partial charge in [0.05, 0.1) is 24.9 Å². The number of hydrogen-bond donors (Lipinski definition) is 2. The molecular weight excluding hydrogens is 480 g/mol. The van der Waals surface area contributed by atoms with Gasteiger partial charge in [-0.1, -0.05) is 13.8 Å². The number of rotatable bonds is 6. The molecule has 1 saturated heterocycles. The Labute approximate surface area is 213 Å². The topological polar surface area (TPSA) is 89.4 Å². The van der Waals surface area contributed by atoms with Gasteiger partial charge in [0.2, 0.25) is 0 Å². The van der Waals surface area contributed by atoms with Crippen molar-refractivity contribution in [3.05, 3.63) is 58.9 Å². The van der Waals surface area contributed by atoms with Crippen LogP contribution in [0.2, 0.25) is 0 Å². The predicted molar refractivity (Wildman–Crippen MR) is 136 cm³/mol. The van der Waals surface area contributed by atoms with E-state index in [1.165, 1.54) is 6.07 Å². The van der Waals surface area contributed by atoms with Gasteiger partial charge in [-0.2, -0.15) is 5.10 Å². The molecule has 0 spiro atoms. The molecule has 37 heavy (non-hydrogen) atoms. The first-order chi connectivity index (χ1) is 17.5. The van der Waals surface area contributed by atoms with Crippen LogP contribution >= 0.6 is 0 Å². The van der Waals surface area contributed by atoms with E-state index < -0.39 is 22.8 Å². The molecule has 0 amide bonds. The van der Waals surface area contributed by atoms with E-state index in [1.807, 2.05) is 24.5 Å². The molecule has 0 bridgehead atoms. The van der Waals surface area contributed by atoms with Crippen molar-refractivity contribution in [2.45, 2.75) is 57.5 Å². The maximum Gasteiger partial charge on any atom is 0.335 e. The van der Waals surface area contributed by atoms with Crippen molar-refractivity contribution >= 4 is 27.8 Å². The third-order valence-electron chi connectivity index (χ3n) is 7.62. The van der Waals surface area contributed by atoms with Crippen molar-refractivity contribution in [2.24, 2.45) is 0 Å². The van der Waals surface area contributed by atoms with Crippen LogP contribution in [0.25, 0.3) is 27.5 Å². The summed E-state index contributed by atoms with van der Waals surface area (Å²) >= 11 is 0. The molecule has 1 aliphatic rings. The number of aryl methyl sites for hydroxylation is 1. The van der Waals surface area contributed by atoms with Gasteiger partial charge in [-0.25, -0.2) is 13.6 Å². The number of ether oxygens (including phenoxy) is 2. The van der Waals surface area contributed by atoms with Gasteiger partial charge in [0.1, 0.15) is 11.3 Å². The predicted octanol–water partition coefficient (Wildman–Crippen LogP) is 5.75. The molecular formula is C28H31F2N3O4. The van der Waals surface area contributed by atoms with Gasteiger partial charge in [-0.05, 0) is 62.1 Å². The van der Waals surface area contributed by atoms with Crippen molar-refractivity contribution in [3.63, 3.8) is 0 Å². The normalized spacial score (nSPS) is 20.7. The summed E-state index contributed by atoms with van der Waals surface area (Å²) in [6.45, 7) is 7.79. The van der Waals surface area contributed by atoms with Gasteiger partial charge in [0.15, 0.2) is 11.4 Å². The fourth-order valence-corrected chi connectivity index (χ4v) is 5.65. The van der Waals surface area contributed by atoms with Crippen molar-refractivity contribution < 1.29 is 28.2 Å². The summed E-state index contributed by atoms with van der Waals surface area (Å²) in [6.07, 6.45) is 2.36. The second-order valence-electron chi connectivity index (χ2n) is 10.8. The van der Waals surface area contributed by atoms with Crippen LogP contribution < -0.4 is 0 Å².